The van der Waals surface area contributed by atoms with Crippen LogP contribution >= 0.6 is 22.6 Å². The van der Waals surface area contributed by atoms with Crippen LogP contribution in [-0.4, -0.2) is 15.8 Å². The van der Waals surface area contributed by atoms with E-state index in [9.17, 15) is 15.5 Å². The number of benzene rings is 1. The van der Waals surface area contributed by atoms with Gasteiger partial charge in [-0.3, -0.25) is 0 Å². The number of phenols is 1. The molecule has 0 aromatic heterocycles. The zero-order valence-corrected chi connectivity index (χ0v) is 16.6. The van der Waals surface area contributed by atoms with E-state index in [-0.39, 0.29) is 17.1 Å². The number of nitriles is 1. The fraction of sp³-hybridized carbons (Fsp3) is 0.571. The van der Waals surface area contributed by atoms with Crippen LogP contribution < -0.4 is 0 Å². The smallest absolute Gasteiger partial charge is 0.115 e. The van der Waals surface area contributed by atoms with E-state index in [1.165, 1.54) is 5.56 Å². The van der Waals surface area contributed by atoms with Crippen LogP contribution in [0.25, 0.3) is 0 Å². The lowest BCUT2D eigenvalue weighted by Crippen LogP contribution is -2.51. The van der Waals surface area contributed by atoms with Gasteiger partial charge >= 0.3 is 0 Å². The Labute approximate surface area is 162 Å². The number of aliphatic hydroxyl groups is 1. The molecular formula is C21H24INO2. The highest BCUT2D eigenvalue weighted by molar-refractivity contribution is 14.1. The van der Waals surface area contributed by atoms with E-state index < -0.39 is 5.60 Å². The molecule has 3 aliphatic carbocycles. The second kappa shape index (κ2) is 5.99. The minimum absolute atomic E-state index is 0.0325. The van der Waals surface area contributed by atoms with Gasteiger partial charge in [0.15, 0.2) is 0 Å². The van der Waals surface area contributed by atoms with E-state index in [4.69, 9.17) is 0 Å². The average Bonchev–Trinajstić information content (AvgIpc) is 2.85. The maximum Gasteiger partial charge on any atom is 0.115 e. The van der Waals surface area contributed by atoms with Crippen molar-refractivity contribution in [1.29, 1.82) is 5.26 Å². The molecule has 0 spiro atoms. The summed E-state index contributed by atoms with van der Waals surface area (Å²) in [5.74, 6) is 1.30. The molecule has 1 aromatic rings. The topological polar surface area (TPSA) is 64.2 Å². The Morgan fingerprint density at radius 1 is 1.32 bits per heavy atom. The van der Waals surface area contributed by atoms with Gasteiger partial charge in [-0.25, -0.2) is 0 Å². The highest BCUT2D eigenvalue weighted by Gasteiger charge is 2.62. The van der Waals surface area contributed by atoms with Crippen LogP contribution in [0.4, 0.5) is 0 Å². The van der Waals surface area contributed by atoms with Crippen LogP contribution in [0.3, 0.4) is 0 Å². The molecule has 6 atom stereocenters. The Morgan fingerprint density at radius 3 is 2.84 bits per heavy atom. The fourth-order valence-corrected chi connectivity index (χ4v) is 6.78. The number of phenolic OH excluding ortho intramolecular Hbond substituents is 1. The molecular weight excluding hydrogens is 423 g/mol. The summed E-state index contributed by atoms with van der Waals surface area (Å²) in [7, 11) is 0. The van der Waals surface area contributed by atoms with Crippen molar-refractivity contribution in [2.24, 2.45) is 23.2 Å². The van der Waals surface area contributed by atoms with E-state index in [1.54, 1.807) is 6.07 Å². The number of hydrogen-bond donors (Lipinski definition) is 2. The predicted octanol–water partition coefficient (Wildman–Crippen LogP) is 4.68. The van der Waals surface area contributed by atoms with Crippen molar-refractivity contribution in [1.82, 2.24) is 0 Å². The lowest BCUT2D eigenvalue weighted by Gasteiger charge is -2.53. The van der Waals surface area contributed by atoms with Gasteiger partial charge in [-0.1, -0.05) is 35.6 Å². The number of halogens is 1. The maximum absolute atomic E-state index is 11.3. The van der Waals surface area contributed by atoms with Crippen molar-refractivity contribution < 1.29 is 10.2 Å². The molecule has 2 fully saturated rings. The SMILES string of the molecule is C[C@]12CC[C@@H]3c4ccc(O)cc4C[C@@H](C#N)[C@H]3[C@@H]1CC[C@@]2(O)/C=C\[125I]. The molecule has 0 amide bonds. The van der Waals surface area contributed by atoms with E-state index in [0.29, 0.717) is 24.2 Å². The maximum atomic E-state index is 11.3. The molecule has 0 saturated heterocycles. The Hall–Kier alpha value is -1.06. The summed E-state index contributed by atoms with van der Waals surface area (Å²) in [4.78, 5) is 0. The van der Waals surface area contributed by atoms with Crippen LogP contribution in [0.2, 0.25) is 0 Å². The first kappa shape index (κ1) is 17.4. The molecule has 2 saturated carbocycles. The van der Waals surface area contributed by atoms with Crippen LogP contribution in [0.15, 0.2) is 28.4 Å². The summed E-state index contributed by atoms with van der Waals surface area (Å²) in [5, 5.41) is 31.0. The molecule has 1 aromatic carbocycles. The minimum Gasteiger partial charge on any atom is -0.508 e. The van der Waals surface area contributed by atoms with Gasteiger partial charge in [-0.2, -0.15) is 5.26 Å². The first-order valence-electron chi connectivity index (χ1n) is 9.15. The number of hydrogen-bond acceptors (Lipinski definition) is 3. The molecule has 132 valence electrons. The van der Waals surface area contributed by atoms with Crippen LogP contribution in [0.1, 0.15) is 49.7 Å². The summed E-state index contributed by atoms with van der Waals surface area (Å²) in [6.45, 7) is 2.23. The molecule has 0 bridgehead atoms. The molecule has 4 rings (SSSR count). The molecule has 0 radical (unpaired) electrons. The van der Waals surface area contributed by atoms with Crippen molar-refractivity contribution in [2.75, 3.05) is 0 Å². The summed E-state index contributed by atoms with van der Waals surface area (Å²) < 4.78 is 1.94. The fourth-order valence-electron chi connectivity index (χ4n) is 6.18. The third-order valence-corrected chi connectivity index (χ3v) is 7.84. The first-order valence-corrected chi connectivity index (χ1v) is 10.4. The largest absolute Gasteiger partial charge is 0.508 e. The second-order valence-corrected chi connectivity index (χ2v) is 9.04. The van der Waals surface area contributed by atoms with E-state index >= 15 is 0 Å². The van der Waals surface area contributed by atoms with Gasteiger partial charge in [0.25, 0.3) is 0 Å². The summed E-state index contributed by atoms with van der Waals surface area (Å²) in [5.41, 5.74) is 1.55. The van der Waals surface area contributed by atoms with E-state index in [2.05, 4.69) is 41.7 Å². The third kappa shape index (κ3) is 2.39. The molecule has 4 heteroatoms. The molecule has 3 nitrogen and oxygen atoms in total. The number of aromatic hydroxyl groups is 1. The van der Waals surface area contributed by atoms with Gasteiger partial charge in [-0.05, 0) is 83.3 Å². The molecule has 25 heavy (non-hydrogen) atoms. The first-order chi connectivity index (χ1) is 11.9. The average molecular weight is 447 g/mol. The van der Waals surface area contributed by atoms with Gasteiger partial charge in [-0.15, -0.1) is 0 Å². The monoisotopic (exact) mass is 447 g/mol. The standard InChI is InChI=1S/C21H24INO2/c1-20-6-4-17-16-3-2-15(24)11-13(16)10-14(12-23)19(17)18(20)5-7-21(20,25)8-9-22/h2-3,8-9,11,14,17-19,24-25H,4-7,10H2,1H3/b9-8-/t14-,17+,18-,19+,20-,21+/m0/s1/i22-2. The van der Waals surface area contributed by atoms with Crippen molar-refractivity contribution in [3.05, 3.63) is 39.5 Å². The second-order valence-electron chi connectivity index (χ2n) is 8.32. The van der Waals surface area contributed by atoms with Crippen LogP contribution in [0.5, 0.6) is 5.75 Å². The van der Waals surface area contributed by atoms with E-state index in [0.717, 1.165) is 31.2 Å². The van der Waals surface area contributed by atoms with Gasteiger partial charge < -0.3 is 10.2 Å². The molecule has 0 unspecified atom stereocenters. The van der Waals surface area contributed by atoms with Crippen molar-refractivity contribution >= 4 is 22.6 Å². The zero-order chi connectivity index (χ0) is 17.8. The zero-order valence-electron chi connectivity index (χ0n) is 14.5. The third-order valence-electron chi connectivity index (χ3n) is 7.48. The van der Waals surface area contributed by atoms with Gasteiger partial charge in [0.1, 0.15) is 5.75 Å². The lowest BCUT2D eigenvalue weighted by atomic mass is 9.51. The Balaban J connectivity index is 1.78. The lowest BCUT2D eigenvalue weighted by molar-refractivity contribution is -0.0761. The molecule has 2 N–H and O–H groups in total. The predicted molar refractivity (Wildman–Crippen MR) is 105 cm³/mol. The molecule has 0 heterocycles. The summed E-state index contributed by atoms with van der Waals surface area (Å²) in [6.07, 6.45) is 6.45. The van der Waals surface area contributed by atoms with Gasteiger partial charge in [0.05, 0.1) is 17.6 Å². The van der Waals surface area contributed by atoms with E-state index in [1.807, 2.05) is 16.2 Å². The summed E-state index contributed by atoms with van der Waals surface area (Å²) >= 11 is 2.19. The Kier molecular flexibility index (Phi) is 4.16. The Morgan fingerprint density at radius 2 is 2.12 bits per heavy atom. The van der Waals surface area contributed by atoms with Crippen LogP contribution in [0, 0.1) is 34.5 Å². The highest BCUT2D eigenvalue weighted by Crippen LogP contribution is 2.65. The van der Waals surface area contributed by atoms with Crippen molar-refractivity contribution in [3.63, 3.8) is 0 Å². The molecule has 0 aliphatic heterocycles. The van der Waals surface area contributed by atoms with Crippen LogP contribution in [-0.2, 0) is 6.42 Å². The minimum atomic E-state index is -0.751. The van der Waals surface area contributed by atoms with Gasteiger partial charge in [0, 0.05) is 5.41 Å². The Bertz CT molecular complexity index is 770. The van der Waals surface area contributed by atoms with Crippen molar-refractivity contribution in [3.8, 4) is 11.8 Å². The molecule has 3 aliphatic rings. The summed E-state index contributed by atoms with van der Waals surface area (Å²) in [6, 6.07) is 8.25. The quantitative estimate of drug-likeness (QED) is 0.615. The van der Waals surface area contributed by atoms with Crippen molar-refractivity contribution in [2.45, 2.75) is 50.5 Å². The number of fused-ring (bicyclic) bond motifs is 5. The number of rotatable bonds is 1. The normalized spacial score (nSPS) is 42.5. The number of nitrogens with zero attached hydrogens (tertiary/aromatic N) is 1. The van der Waals surface area contributed by atoms with Gasteiger partial charge in [0.2, 0.25) is 0 Å². The highest BCUT2D eigenvalue weighted by atomic mass is 125.